The molecular weight excluding hydrogens is 276 g/mol. The first-order chi connectivity index (χ1) is 10.6. The molecular formula is C18H28N2O2. The van der Waals surface area contributed by atoms with E-state index in [9.17, 15) is 4.79 Å². The number of benzene rings is 1. The fourth-order valence-corrected chi connectivity index (χ4v) is 3.13. The molecule has 122 valence electrons. The van der Waals surface area contributed by atoms with Crippen LogP contribution in [0.15, 0.2) is 24.3 Å². The number of hydrogen-bond acceptors (Lipinski definition) is 3. The zero-order valence-corrected chi connectivity index (χ0v) is 14.0. The highest BCUT2D eigenvalue weighted by atomic mass is 16.5. The van der Waals surface area contributed by atoms with Gasteiger partial charge in [0.1, 0.15) is 5.75 Å². The molecule has 2 rings (SSSR count). The molecule has 1 fully saturated rings. The van der Waals surface area contributed by atoms with Crippen molar-refractivity contribution in [2.45, 2.75) is 45.2 Å². The number of ether oxygens (including phenoxy) is 1. The van der Waals surface area contributed by atoms with Crippen LogP contribution in [-0.4, -0.2) is 37.6 Å². The van der Waals surface area contributed by atoms with Crippen LogP contribution in [0.3, 0.4) is 0 Å². The van der Waals surface area contributed by atoms with E-state index in [0.717, 1.165) is 18.7 Å². The maximum Gasteiger partial charge on any atom is 0.234 e. The van der Waals surface area contributed by atoms with E-state index in [1.807, 2.05) is 36.2 Å². The lowest BCUT2D eigenvalue weighted by Crippen LogP contribution is -2.44. The number of amides is 1. The van der Waals surface area contributed by atoms with Crippen molar-refractivity contribution in [2.75, 3.05) is 20.7 Å². The highest BCUT2D eigenvalue weighted by molar-refractivity contribution is 5.78. The summed E-state index contributed by atoms with van der Waals surface area (Å²) in [6.45, 7) is 3.44. The van der Waals surface area contributed by atoms with Crippen molar-refractivity contribution in [2.24, 2.45) is 5.92 Å². The third-order valence-electron chi connectivity index (χ3n) is 4.48. The number of carbonyl (C=O) groups excluding carboxylic acids is 1. The molecule has 0 spiro atoms. The molecule has 1 N–H and O–H groups in total. The third-order valence-corrected chi connectivity index (χ3v) is 4.48. The van der Waals surface area contributed by atoms with Gasteiger partial charge < -0.3 is 10.1 Å². The number of hydrogen-bond donors (Lipinski definition) is 1. The van der Waals surface area contributed by atoms with E-state index in [2.05, 4.69) is 12.2 Å². The molecule has 0 bridgehead atoms. The molecule has 0 aliphatic heterocycles. The van der Waals surface area contributed by atoms with Crippen LogP contribution in [0.1, 0.15) is 38.2 Å². The molecule has 0 unspecified atom stereocenters. The van der Waals surface area contributed by atoms with Gasteiger partial charge in [0, 0.05) is 12.6 Å². The van der Waals surface area contributed by atoms with Gasteiger partial charge in [-0.2, -0.15) is 0 Å². The summed E-state index contributed by atoms with van der Waals surface area (Å²) < 4.78 is 5.16. The summed E-state index contributed by atoms with van der Waals surface area (Å²) in [5.74, 6) is 1.59. The lowest BCUT2D eigenvalue weighted by molar-refractivity contribution is -0.123. The molecule has 0 saturated heterocycles. The van der Waals surface area contributed by atoms with Gasteiger partial charge in [-0.3, -0.25) is 9.69 Å². The lowest BCUT2D eigenvalue weighted by Gasteiger charge is -2.30. The zero-order chi connectivity index (χ0) is 15.9. The molecule has 1 aliphatic rings. The van der Waals surface area contributed by atoms with Gasteiger partial charge in [-0.1, -0.05) is 31.9 Å². The van der Waals surface area contributed by atoms with Gasteiger partial charge in [-0.25, -0.2) is 0 Å². The molecule has 22 heavy (non-hydrogen) atoms. The highest BCUT2D eigenvalue weighted by Gasteiger charge is 2.22. The predicted octanol–water partition coefficient (Wildman–Crippen LogP) is 2.82. The van der Waals surface area contributed by atoms with Crippen LogP contribution >= 0.6 is 0 Å². The number of nitrogens with one attached hydrogen (secondary N) is 1. The number of likely N-dealkylation sites (N-methyl/N-ethyl adjacent to an activating group) is 1. The molecule has 0 heterocycles. The van der Waals surface area contributed by atoms with Crippen molar-refractivity contribution in [1.82, 2.24) is 10.2 Å². The Bertz CT molecular complexity index is 472. The summed E-state index contributed by atoms with van der Waals surface area (Å²) >= 11 is 0. The van der Waals surface area contributed by atoms with Crippen molar-refractivity contribution in [1.29, 1.82) is 0 Å². The van der Waals surface area contributed by atoms with Gasteiger partial charge in [-0.15, -0.1) is 0 Å². The quantitative estimate of drug-likeness (QED) is 0.878. The maximum absolute atomic E-state index is 12.2. The number of nitrogens with zero attached hydrogens (tertiary/aromatic N) is 1. The Kier molecular flexibility index (Phi) is 6.25. The zero-order valence-electron chi connectivity index (χ0n) is 14.0. The lowest BCUT2D eigenvalue weighted by atomic mass is 9.86. The average molecular weight is 304 g/mol. The molecule has 2 atom stereocenters. The molecule has 1 amide bonds. The number of carbonyl (C=O) groups is 1. The fourth-order valence-electron chi connectivity index (χ4n) is 3.13. The van der Waals surface area contributed by atoms with Crippen molar-refractivity contribution in [3.63, 3.8) is 0 Å². The van der Waals surface area contributed by atoms with Gasteiger partial charge in [0.15, 0.2) is 0 Å². The van der Waals surface area contributed by atoms with Crippen molar-refractivity contribution in [3.05, 3.63) is 29.8 Å². The summed E-state index contributed by atoms with van der Waals surface area (Å²) in [6, 6.07) is 8.34. The summed E-state index contributed by atoms with van der Waals surface area (Å²) in [5, 5.41) is 3.20. The van der Waals surface area contributed by atoms with Gasteiger partial charge >= 0.3 is 0 Å². The van der Waals surface area contributed by atoms with Crippen LogP contribution in [-0.2, 0) is 11.3 Å². The first-order valence-corrected chi connectivity index (χ1v) is 8.19. The van der Waals surface area contributed by atoms with Gasteiger partial charge in [0.05, 0.1) is 13.7 Å². The smallest absolute Gasteiger partial charge is 0.234 e. The molecule has 0 aromatic heterocycles. The summed E-state index contributed by atoms with van der Waals surface area (Å²) in [4.78, 5) is 14.2. The van der Waals surface area contributed by atoms with E-state index in [1.165, 1.54) is 24.8 Å². The Morgan fingerprint density at radius 3 is 2.59 bits per heavy atom. The summed E-state index contributed by atoms with van der Waals surface area (Å²) in [5.41, 5.74) is 1.18. The maximum atomic E-state index is 12.2. The number of rotatable bonds is 6. The van der Waals surface area contributed by atoms with Crippen LogP contribution < -0.4 is 10.1 Å². The van der Waals surface area contributed by atoms with Gasteiger partial charge in [-0.05, 0) is 43.5 Å². The highest BCUT2D eigenvalue weighted by Crippen LogP contribution is 2.23. The first kappa shape index (κ1) is 16.8. The van der Waals surface area contributed by atoms with Crippen molar-refractivity contribution in [3.8, 4) is 5.75 Å². The predicted molar refractivity (Wildman–Crippen MR) is 88.9 cm³/mol. The van der Waals surface area contributed by atoms with Crippen LogP contribution in [0.25, 0.3) is 0 Å². The van der Waals surface area contributed by atoms with E-state index in [1.54, 1.807) is 7.11 Å². The minimum atomic E-state index is 0.134. The van der Waals surface area contributed by atoms with Gasteiger partial charge in [0.25, 0.3) is 0 Å². The summed E-state index contributed by atoms with van der Waals surface area (Å²) in [6.07, 6.45) is 4.88. The Morgan fingerprint density at radius 2 is 1.95 bits per heavy atom. The van der Waals surface area contributed by atoms with E-state index >= 15 is 0 Å². The van der Waals surface area contributed by atoms with E-state index in [0.29, 0.717) is 18.5 Å². The molecule has 4 heteroatoms. The van der Waals surface area contributed by atoms with E-state index < -0.39 is 0 Å². The minimum Gasteiger partial charge on any atom is -0.497 e. The molecule has 0 radical (unpaired) electrons. The SMILES string of the molecule is COc1ccc(CN(C)CC(=O)N[C@@H]2CCCC[C@@H]2C)cc1. The monoisotopic (exact) mass is 304 g/mol. The Morgan fingerprint density at radius 1 is 1.27 bits per heavy atom. The van der Waals surface area contributed by atoms with Crippen molar-refractivity contribution >= 4 is 5.91 Å². The number of methoxy groups -OCH3 is 1. The molecule has 1 aliphatic carbocycles. The first-order valence-electron chi connectivity index (χ1n) is 8.19. The second-order valence-corrected chi connectivity index (χ2v) is 6.46. The van der Waals surface area contributed by atoms with Gasteiger partial charge in [0.2, 0.25) is 5.91 Å². The van der Waals surface area contributed by atoms with Crippen LogP contribution in [0.5, 0.6) is 5.75 Å². The average Bonchev–Trinajstić information content (AvgIpc) is 2.50. The van der Waals surface area contributed by atoms with E-state index in [4.69, 9.17) is 4.74 Å². The molecule has 1 saturated carbocycles. The Balaban J connectivity index is 1.77. The fraction of sp³-hybridized carbons (Fsp3) is 0.611. The Hall–Kier alpha value is -1.55. The third kappa shape index (κ3) is 5.02. The molecule has 1 aromatic carbocycles. The second-order valence-electron chi connectivity index (χ2n) is 6.46. The van der Waals surface area contributed by atoms with Crippen LogP contribution in [0.4, 0.5) is 0 Å². The minimum absolute atomic E-state index is 0.134. The molecule has 4 nitrogen and oxygen atoms in total. The Labute approximate surface area is 133 Å². The normalized spacial score (nSPS) is 21.6. The van der Waals surface area contributed by atoms with E-state index in [-0.39, 0.29) is 5.91 Å². The second kappa shape index (κ2) is 8.18. The van der Waals surface area contributed by atoms with Crippen LogP contribution in [0.2, 0.25) is 0 Å². The molecule has 1 aromatic rings. The largest absolute Gasteiger partial charge is 0.497 e. The van der Waals surface area contributed by atoms with Crippen molar-refractivity contribution < 1.29 is 9.53 Å². The summed E-state index contributed by atoms with van der Waals surface area (Å²) in [7, 11) is 3.64. The topological polar surface area (TPSA) is 41.6 Å². The standard InChI is InChI=1S/C18H28N2O2/c1-14-6-4-5-7-17(14)19-18(21)13-20(2)12-15-8-10-16(22-3)11-9-15/h8-11,14,17H,4-7,12-13H2,1-3H3,(H,19,21)/t14-,17+/m0/s1. The van der Waals surface area contributed by atoms with Crippen LogP contribution in [0, 0.1) is 5.92 Å².